The molecule has 1 aromatic heterocycles. The van der Waals surface area contributed by atoms with Crippen molar-refractivity contribution in [3.63, 3.8) is 0 Å². The molecule has 1 heterocycles. The van der Waals surface area contributed by atoms with Crippen molar-refractivity contribution in [1.82, 2.24) is 9.55 Å². The summed E-state index contributed by atoms with van der Waals surface area (Å²) in [5.41, 5.74) is 0.840. The number of hydrogen-bond acceptors (Lipinski definition) is 2. The number of benzene rings is 2. The second-order valence-corrected chi connectivity index (χ2v) is 5.74. The summed E-state index contributed by atoms with van der Waals surface area (Å²) in [6.07, 6.45) is 1.40. The SMILES string of the molecule is CC(c1ccccc1)n1cnc2c(F)cc(Br)cc2c1=O. The molecule has 106 valence electrons. The summed E-state index contributed by atoms with van der Waals surface area (Å²) >= 11 is 3.21. The average Bonchev–Trinajstić information content (AvgIpc) is 2.48. The van der Waals surface area contributed by atoms with Gasteiger partial charge in [-0.3, -0.25) is 9.36 Å². The molecule has 0 radical (unpaired) electrons. The van der Waals surface area contributed by atoms with Crippen molar-refractivity contribution in [3.05, 3.63) is 75.0 Å². The summed E-state index contributed by atoms with van der Waals surface area (Å²) in [4.78, 5) is 16.7. The van der Waals surface area contributed by atoms with Crippen molar-refractivity contribution in [1.29, 1.82) is 0 Å². The molecule has 2 aromatic carbocycles. The molecule has 1 atom stereocenters. The Kier molecular flexibility index (Phi) is 3.59. The Morgan fingerprint density at radius 2 is 1.95 bits per heavy atom. The predicted octanol–water partition coefficient (Wildman–Crippen LogP) is 3.91. The van der Waals surface area contributed by atoms with Crippen molar-refractivity contribution in [2.24, 2.45) is 0 Å². The van der Waals surface area contributed by atoms with Crippen LogP contribution in [0.5, 0.6) is 0 Å². The Labute approximate surface area is 129 Å². The van der Waals surface area contributed by atoms with E-state index in [2.05, 4.69) is 20.9 Å². The van der Waals surface area contributed by atoms with Crippen molar-refractivity contribution in [2.75, 3.05) is 0 Å². The van der Waals surface area contributed by atoms with Crippen LogP contribution in [0, 0.1) is 5.82 Å². The van der Waals surface area contributed by atoms with Crippen molar-refractivity contribution in [3.8, 4) is 0 Å². The first-order chi connectivity index (χ1) is 10.1. The van der Waals surface area contributed by atoms with Gasteiger partial charge in [0.05, 0.1) is 17.8 Å². The standard InChI is InChI=1S/C16H12BrFN2O/c1-10(11-5-3-2-4-6-11)20-9-19-15-13(16(20)21)7-12(17)8-14(15)18/h2-10H,1H3. The van der Waals surface area contributed by atoms with E-state index in [4.69, 9.17) is 0 Å². The summed E-state index contributed by atoms with van der Waals surface area (Å²) in [5.74, 6) is -0.504. The molecule has 0 bridgehead atoms. The van der Waals surface area contributed by atoms with E-state index in [0.717, 1.165) is 5.56 Å². The van der Waals surface area contributed by atoms with Gasteiger partial charge in [-0.2, -0.15) is 0 Å². The molecule has 5 heteroatoms. The molecule has 0 aliphatic heterocycles. The molecule has 3 rings (SSSR count). The maximum Gasteiger partial charge on any atom is 0.261 e. The summed E-state index contributed by atoms with van der Waals surface area (Å²) in [7, 11) is 0. The summed E-state index contributed by atoms with van der Waals surface area (Å²) < 4.78 is 15.9. The molecule has 0 fully saturated rings. The van der Waals surface area contributed by atoms with Gasteiger partial charge in [0, 0.05) is 4.47 Å². The van der Waals surface area contributed by atoms with Gasteiger partial charge in [0.1, 0.15) is 5.52 Å². The maximum atomic E-state index is 13.8. The van der Waals surface area contributed by atoms with Crippen LogP contribution in [0.2, 0.25) is 0 Å². The molecule has 3 aromatic rings. The minimum atomic E-state index is -0.504. The van der Waals surface area contributed by atoms with Crippen LogP contribution < -0.4 is 5.56 Å². The zero-order valence-electron chi connectivity index (χ0n) is 11.3. The van der Waals surface area contributed by atoms with E-state index in [-0.39, 0.29) is 22.5 Å². The van der Waals surface area contributed by atoms with E-state index in [0.29, 0.717) is 4.47 Å². The molecule has 21 heavy (non-hydrogen) atoms. The first-order valence-corrected chi connectivity index (χ1v) is 7.28. The largest absolute Gasteiger partial charge is 0.291 e. The minimum Gasteiger partial charge on any atom is -0.291 e. The van der Waals surface area contributed by atoms with Crippen molar-refractivity contribution < 1.29 is 4.39 Å². The lowest BCUT2D eigenvalue weighted by Gasteiger charge is -2.15. The van der Waals surface area contributed by atoms with E-state index >= 15 is 0 Å². The zero-order chi connectivity index (χ0) is 15.0. The number of aromatic nitrogens is 2. The Morgan fingerprint density at radius 3 is 2.67 bits per heavy atom. The number of rotatable bonds is 2. The Balaban J connectivity index is 2.21. The fourth-order valence-electron chi connectivity index (χ4n) is 2.34. The lowest BCUT2D eigenvalue weighted by atomic mass is 10.1. The number of nitrogens with zero attached hydrogens (tertiary/aromatic N) is 2. The highest BCUT2D eigenvalue weighted by molar-refractivity contribution is 9.10. The normalized spacial score (nSPS) is 12.5. The fraction of sp³-hybridized carbons (Fsp3) is 0.125. The fourth-order valence-corrected chi connectivity index (χ4v) is 2.77. The van der Waals surface area contributed by atoms with Gasteiger partial charge in [-0.15, -0.1) is 0 Å². The van der Waals surface area contributed by atoms with Gasteiger partial charge in [0.15, 0.2) is 5.82 Å². The monoisotopic (exact) mass is 346 g/mol. The van der Waals surface area contributed by atoms with Gasteiger partial charge in [-0.1, -0.05) is 46.3 Å². The van der Waals surface area contributed by atoms with E-state index in [1.54, 1.807) is 6.07 Å². The second kappa shape index (κ2) is 5.41. The predicted molar refractivity (Wildman–Crippen MR) is 83.9 cm³/mol. The van der Waals surface area contributed by atoms with Crippen LogP contribution in [-0.2, 0) is 0 Å². The Bertz CT molecular complexity index is 861. The Hall–Kier alpha value is -2.01. The van der Waals surface area contributed by atoms with E-state index in [9.17, 15) is 9.18 Å². The number of halogens is 2. The molecular formula is C16H12BrFN2O. The molecule has 0 amide bonds. The lowest BCUT2D eigenvalue weighted by molar-refractivity contribution is 0.602. The van der Waals surface area contributed by atoms with Crippen LogP contribution in [-0.4, -0.2) is 9.55 Å². The molecule has 3 nitrogen and oxygen atoms in total. The molecule has 0 saturated heterocycles. The van der Waals surface area contributed by atoms with Gasteiger partial charge in [0.25, 0.3) is 5.56 Å². The topological polar surface area (TPSA) is 34.9 Å². The molecule has 0 spiro atoms. The highest BCUT2D eigenvalue weighted by Crippen LogP contribution is 2.21. The van der Waals surface area contributed by atoms with Gasteiger partial charge in [0.2, 0.25) is 0 Å². The van der Waals surface area contributed by atoms with E-state index in [1.165, 1.54) is 17.0 Å². The van der Waals surface area contributed by atoms with Gasteiger partial charge in [-0.05, 0) is 24.6 Å². The first kappa shape index (κ1) is 13.9. The average molecular weight is 347 g/mol. The van der Waals surface area contributed by atoms with Crippen LogP contribution in [0.4, 0.5) is 4.39 Å². The smallest absolute Gasteiger partial charge is 0.261 e. The maximum absolute atomic E-state index is 13.8. The van der Waals surface area contributed by atoms with Crippen LogP contribution in [0.25, 0.3) is 10.9 Å². The highest BCUT2D eigenvalue weighted by atomic mass is 79.9. The van der Waals surface area contributed by atoms with Crippen LogP contribution in [0.15, 0.2) is 58.1 Å². The molecule has 0 N–H and O–H groups in total. The number of fused-ring (bicyclic) bond motifs is 1. The quantitative estimate of drug-likeness (QED) is 0.705. The van der Waals surface area contributed by atoms with Gasteiger partial charge < -0.3 is 0 Å². The van der Waals surface area contributed by atoms with E-state index in [1.807, 2.05) is 37.3 Å². The van der Waals surface area contributed by atoms with Crippen molar-refractivity contribution in [2.45, 2.75) is 13.0 Å². The summed E-state index contributed by atoms with van der Waals surface area (Å²) in [6.45, 7) is 1.92. The lowest BCUT2D eigenvalue weighted by Crippen LogP contribution is -2.24. The third-order valence-corrected chi connectivity index (χ3v) is 3.96. The molecule has 0 aliphatic rings. The third kappa shape index (κ3) is 2.49. The van der Waals surface area contributed by atoms with Crippen LogP contribution in [0.1, 0.15) is 18.5 Å². The molecule has 1 unspecified atom stereocenters. The first-order valence-electron chi connectivity index (χ1n) is 6.49. The van der Waals surface area contributed by atoms with Gasteiger partial charge >= 0.3 is 0 Å². The molecule has 0 saturated carbocycles. The molecule has 0 aliphatic carbocycles. The highest BCUT2D eigenvalue weighted by Gasteiger charge is 2.14. The zero-order valence-corrected chi connectivity index (χ0v) is 12.8. The Morgan fingerprint density at radius 1 is 1.24 bits per heavy atom. The van der Waals surface area contributed by atoms with Crippen LogP contribution >= 0.6 is 15.9 Å². The number of hydrogen-bond donors (Lipinski definition) is 0. The van der Waals surface area contributed by atoms with E-state index < -0.39 is 5.82 Å². The third-order valence-electron chi connectivity index (χ3n) is 3.50. The summed E-state index contributed by atoms with van der Waals surface area (Å²) in [5, 5.41) is 0.271. The summed E-state index contributed by atoms with van der Waals surface area (Å²) in [6, 6.07) is 12.4. The van der Waals surface area contributed by atoms with Crippen molar-refractivity contribution >= 4 is 26.8 Å². The minimum absolute atomic E-state index is 0.0970. The molecular weight excluding hydrogens is 335 g/mol. The second-order valence-electron chi connectivity index (χ2n) is 4.83. The van der Waals surface area contributed by atoms with Crippen LogP contribution in [0.3, 0.4) is 0 Å². The van der Waals surface area contributed by atoms with Gasteiger partial charge in [-0.25, -0.2) is 9.37 Å².